The number of hydrogen-bond acceptors (Lipinski definition) is 6. The molecule has 0 aliphatic heterocycles. The van der Waals surface area contributed by atoms with Gasteiger partial charge < -0.3 is 24.6 Å². The molecule has 0 saturated heterocycles. The maximum atomic E-state index is 13.1. The Morgan fingerprint density at radius 1 is 0.818 bits per heavy atom. The first kappa shape index (κ1) is 35.0. The van der Waals surface area contributed by atoms with Crippen LogP contribution in [0.1, 0.15) is 62.1 Å². The minimum Gasteiger partial charge on any atom is -0.479 e. The standard InChI is InChI=1S/C35H44ClNO7/c1-3-42-31(38)24-44-33(35(40)41)32(43-21-11-5-7-13-27-17-16-25(2)30(36)23-27)34(39)37-20-10-4-6-12-26-18-19-28-14-8-9-15-29(28)22-26/h8-9,14-19,22-23,32-33H,3-7,10-13,20-21,24H2,1-2H3,(H,37,39)(H,40,41). The summed E-state index contributed by atoms with van der Waals surface area (Å²) in [6.07, 6.45) is 3.65. The van der Waals surface area contributed by atoms with Crippen molar-refractivity contribution in [3.8, 4) is 0 Å². The van der Waals surface area contributed by atoms with E-state index in [1.165, 1.54) is 16.3 Å². The van der Waals surface area contributed by atoms with Crippen LogP contribution in [0, 0.1) is 6.92 Å². The highest BCUT2D eigenvalue weighted by atomic mass is 35.5. The average Bonchev–Trinajstić information content (AvgIpc) is 3.01. The average molecular weight is 626 g/mol. The molecule has 0 aliphatic carbocycles. The van der Waals surface area contributed by atoms with Gasteiger partial charge in [-0.3, -0.25) is 4.79 Å². The van der Waals surface area contributed by atoms with Gasteiger partial charge in [0.2, 0.25) is 0 Å². The van der Waals surface area contributed by atoms with E-state index in [4.69, 9.17) is 25.8 Å². The number of nitrogens with one attached hydrogen (secondary N) is 1. The van der Waals surface area contributed by atoms with Crippen molar-refractivity contribution in [2.45, 2.75) is 77.4 Å². The van der Waals surface area contributed by atoms with Gasteiger partial charge in [0.15, 0.2) is 12.2 Å². The van der Waals surface area contributed by atoms with Gasteiger partial charge >= 0.3 is 11.9 Å². The molecule has 0 radical (unpaired) electrons. The molecule has 0 aromatic heterocycles. The van der Waals surface area contributed by atoms with Gasteiger partial charge in [-0.25, -0.2) is 9.59 Å². The summed E-state index contributed by atoms with van der Waals surface area (Å²) < 4.78 is 15.9. The first-order chi connectivity index (χ1) is 21.3. The summed E-state index contributed by atoms with van der Waals surface area (Å²) >= 11 is 6.22. The van der Waals surface area contributed by atoms with E-state index < -0.39 is 36.7 Å². The Kier molecular flexibility index (Phi) is 15.2. The SMILES string of the molecule is CCOC(=O)COC(C(=O)O)C(OCCCCCc1ccc(C)c(Cl)c1)C(=O)NCCCCCc1ccc2ccccc2c1. The van der Waals surface area contributed by atoms with Crippen molar-refractivity contribution in [3.63, 3.8) is 0 Å². The van der Waals surface area contributed by atoms with Gasteiger partial charge in [0, 0.05) is 18.2 Å². The minimum atomic E-state index is -1.65. The molecule has 0 fully saturated rings. The van der Waals surface area contributed by atoms with Gasteiger partial charge in [-0.15, -0.1) is 0 Å². The van der Waals surface area contributed by atoms with Gasteiger partial charge in [-0.2, -0.15) is 0 Å². The van der Waals surface area contributed by atoms with Crippen LogP contribution in [-0.4, -0.2) is 61.5 Å². The summed E-state index contributed by atoms with van der Waals surface area (Å²) in [5, 5.41) is 15.8. The maximum Gasteiger partial charge on any atom is 0.336 e. The Labute approximate surface area is 265 Å². The monoisotopic (exact) mass is 625 g/mol. The molecule has 8 nitrogen and oxygen atoms in total. The number of amides is 1. The molecule has 0 spiro atoms. The molecule has 0 bridgehead atoms. The van der Waals surface area contributed by atoms with Crippen LogP contribution in [0.25, 0.3) is 10.8 Å². The number of carbonyl (C=O) groups excluding carboxylic acids is 2. The number of carbonyl (C=O) groups is 3. The molecule has 2 atom stereocenters. The highest BCUT2D eigenvalue weighted by Crippen LogP contribution is 2.19. The summed E-state index contributed by atoms with van der Waals surface area (Å²) in [5.41, 5.74) is 3.45. The number of fused-ring (bicyclic) bond motifs is 1. The minimum absolute atomic E-state index is 0.135. The second kappa shape index (κ2) is 19.0. The second-order valence-corrected chi connectivity index (χ2v) is 11.3. The Morgan fingerprint density at radius 3 is 2.20 bits per heavy atom. The third kappa shape index (κ3) is 11.9. The van der Waals surface area contributed by atoms with E-state index in [0.29, 0.717) is 13.0 Å². The zero-order valence-corrected chi connectivity index (χ0v) is 26.4. The van der Waals surface area contributed by atoms with Crippen LogP contribution in [0.3, 0.4) is 0 Å². The van der Waals surface area contributed by atoms with Gasteiger partial charge in [-0.05, 0) is 85.9 Å². The quantitative estimate of drug-likeness (QED) is 0.109. The molecule has 2 N–H and O–H groups in total. The second-order valence-electron chi connectivity index (χ2n) is 10.8. The summed E-state index contributed by atoms with van der Waals surface area (Å²) in [7, 11) is 0. The smallest absolute Gasteiger partial charge is 0.336 e. The van der Waals surface area contributed by atoms with Crippen LogP contribution in [0.15, 0.2) is 60.7 Å². The zero-order chi connectivity index (χ0) is 31.7. The van der Waals surface area contributed by atoms with Crippen LogP contribution in [-0.2, 0) is 41.4 Å². The molecular weight excluding hydrogens is 582 g/mol. The Bertz CT molecular complexity index is 1360. The molecule has 2 unspecified atom stereocenters. The molecule has 3 aromatic carbocycles. The van der Waals surface area contributed by atoms with E-state index in [1.54, 1.807) is 6.92 Å². The number of carboxylic acid groups (broad SMARTS) is 1. The first-order valence-electron chi connectivity index (χ1n) is 15.4. The van der Waals surface area contributed by atoms with Crippen molar-refractivity contribution in [1.29, 1.82) is 0 Å². The molecule has 0 aliphatic rings. The zero-order valence-electron chi connectivity index (χ0n) is 25.7. The van der Waals surface area contributed by atoms with E-state index in [-0.39, 0.29) is 13.2 Å². The van der Waals surface area contributed by atoms with Gasteiger partial charge in [0.05, 0.1) is 6.61 Å². The maximum absolute atomic E-state index is 13.1. The van der Waals surface area contributed by atoms with E-state index in [1.807, 2.05) is 31.2 Å². The Balaban J connectivity index is 1.46. The van der Waals surface area contributed by atoms with E-state index in [2.05, 4.69) is 41.7 Å². The third-order valence-corrected chi connectivity index (χ3v) is 7.77. The number of benzene rings is 3. The predicted molar refractivity (Wildman–Crippen MR) is 172 cm³/mol. The number of rotatable bonds is 20. The highest BCUT2D eigenvalue weighted by molar-refractivity contribution is 6.31. The number of esters is 1. The van der Waals surface area contributed by atoms with Crippen molar-refractivity contribution in [1.82, 2.24) is 5.32 Å². The lowest BCUT2D eigenvalue weighted by Gasteiger charge is -2.23. The lowest BCUT2D eigenvalue weighted by Crippen LogP contribution is -2.49. The van der Waals surface area contributed by atoms with E-state index in [0.717, 1.165) is 61.1 Å². The van der Waals surface area contributed by atoms with Crippen molar-refractivity contribution in [2.24, 2.45) is 0 Å². The van der Waals surface area contributed by atoms with Gasteiger partial charge in [0.25, 0.3) is 5.91 Å². The summed E-state index contributed by atoms with van der Waals surface area (Å²) in [6.45, 7) is 3.69. The molecule has 0 heterocycles. The van der Waals surface area contributed by atoms with Crippen molar-refractivity contribution >= 4 is 40.2 Å². The largest absolute Gasteiger partial charge is 0.479 e. The normalized spacial score (nSPS) is 12.5. The molecular formula is C35H44ClNO7. The lowest BCUT2D eigenvalue weighted by molar-refractivity contribution is -0.174. The fourth-order valence-corrected chi connectivity index (χ4v) is 5.10. The van der Waals surface area contributed by atoms with Crippen molar-refractivity contribution in [3.05, 3.63) is 82.4 Å². The fraction of sp³-hybridized carbons (Fsp3) is 0.457. The summed E-state index contributed by atoms with van der Waals surface area (Å²) in [6, 6.07) is 20.8. The number of halogens is 1. The molecule has 1 amide bonds. The summed E-state index contributed by atoms with van der Waals surface area (Å²) in [5.74, 6) is -2.67. The number of ether oxygens (including phenoxy) is 3. The third-order valence-electron chi connectivity index (χ3n) is 7.36. The number of aliphatic carboxylic acids is 1. The fourth-order valence-electron chi connectivity index (χ4n) is 4.90. The van der Waals surface area contributed by atoms with Crippen LogP contribution >= 0.6 is 11.6 Å². The van der Waals surface area contributed by atoms with Gasteiger partial charge in [-0.1, -0.05) is 79.0 Å². The highest BCUT2D eigenvalue weighted by Gasteiger charge is 2.36. The molecule has 238 valence electrons. The lowest BCUT2D eigenvalue weighted by atomic mass is 10.0. The topological polar surface area (TPSA) is 111 Å². The van der Waals surface area contributed by atoms with E-state index >= 15 is 0 Å². The number of carboxylic acids is 1. The van der Waals surface area contributed by atoms with Crippen LogP contribution in [0.2, 0.25) is 5.02 Å². The molecule has 3 aromatic rings. The van der Waals surface area contributed by atoms with Crippen LogP contribution in [0.5, 0.6) is 0 Å². The first-order valence-corrected chi connectivity index (χ1v) is 15.8. The van der Waals surface area contributed by atoms with Crippen LogP contribution < -0.4 is 5.32 Å². The number of aryl methyl sites for hydroxylation is 3. The Hall–Kier alpha value is -3.46. The van der Waals surface area contributed by atoms with Crippen molar-refractivity contribution in [2.75, 3.05) is 26.4 Å². The number of unbranched alkanes of at least 4 members (excludes halogenated alkanes) is 4. The van der Waals surface area contributed by atoms with Crippen LogP contribution in [0.4, 0.5) is 0 Å². The van der Waals surface area contributed by atoms with Gasteiger partial charge in [0.1, 0.15) is 6.61 Å². The van der Waals surface area contributed by atoms with E-state index in [9.17, 15) is 19.5 Å². The van der Waals surface area contributed by atoms with Crippen molar-refractivity contribution < 1.29 is 33.7 Å². The molecule has 44 heavy (non-hydrogen) atoms. The Morgan fingerprint density at radius 2 is 1.50 bits per heavy atom. The number of hydrogen-bond donors (Lipinski definition) is 2. The molecule has 3 rings (SSSR count). The molecule has 9 heteroatoms. The predicted octanol–water partition coefficient (Wildman–Crippen LogP) is 6.46. The molecule has 0 saturated carbocycles. The summed E-state index contributed by atoms with van der Waals surface area (Å²) in [4.78, 5) is 36.9.